The van der Waals surface area contributed by atoms with Crippen LogP contribution >= 0.6 is 11.8 Å². The van der Waals surface area contributed by atoms with Gasteiger partial charge in [-0.2, -0.15) is 0 Å². The van der Waals surface area contributed by atoms with Gasteiger partial charge in [0, 0.05) is 22.9 Å². The van der Waals surface area contributed by atoms with E-state index in [-0.39, 0.29) is 5.91 Å². The number of benzene rings is 2. The van der Waals surface area contributed by atoms with E-state index in [9.17, 15) is 4.79 Å². The summed E-state index contributed by atoms with van der Waals surface area (Å²) in [5.41, 5.74) is 3.37. The van der Waals surface area contributed by atoms with Crippen LogP contribution in [-0.4, -0.2) is 24.7 Å². The van der Waals surface area contributed by atoms with E-state index in [1.807, 2.05) is 50.2 Å². The molecule has 0 atom stereocenters. The summed E-state index contributed by atoms with van der Waals surface area (Å²) in [6.45, 7) is 5.07. The van der Waals surface area contributed by atoms with E-state index in [2.05, 4.69) is 22.8 Å². The molecule has 0 fully saturated rings. The Hall–Kier alpha value is -1.94. The number of hydrogen-bond donors (Lipinski definition) is 2. The summed E-state index contributed by atoms with van der Waals surface area (Å²) in [4.78, 5) is 13.1. The number of thioether (sulfide) groups is 1. The van der Waals surface area contributed by atoms with E-state index in [0.29, 0.717) is 13.1 Å². The van der Waals surface area contributed by atoms with Crippen molar-refractivity contribution < 1.29 is 4.79 Å². The van der Waals surface area contributed by atoms with Crippen LogP contribution < -0.4 is 10.6 Å². The first-order chi connectivity index (χ1) is 10.7. The molecule has 0 saturated heterocycles. The number of aryl methyl sites for hydroxylation is 2. The smallest absolute Gasteiger partial charge is 0.239 e. The van der Waals surface area contributed by atoms with Crippen molar-refractivity contribution in [2.45, 2.75) is 18.7 Å². The second-order valence-electron chi connectivity index (χ2n) is 5.13. The highest BCUT2D eigenvalue weighted by Gasteiger charge is 2.04. The predicted octanol–water partition coefficient (Wildman–Crippen LogP) is 3.62. The molecule has 22 heavy (non-hydrogen) atoms. The summed E-state index contributed by atoms with van der Waals surface area (Å²) in [6, 6.07) is 16.3. The molecule has 0 aliphatic heterocycles. The van der Waals surface area contributed by atoms with Crippen LogP contribution in [0.2, 0.25) is 0 Å². The van der Waals surface area contributed by atoms with Crippen molar-refractivity contribution in [3.63, 3.8) is 0 Å². The Morgan fingerprint density at radius 2 is 1.68 bits per heavy atom. The third kappa shape index (κ3) is 5.11. The van der Waals surface area contributed by atoms with E-state index in [4.69, 9.17) is 0 Å². The molecule has 0 spiro atoms. The Kier molecular flexibility index (Phi) is 6.34. The summed E-state index contributed by atoms with van der Waals surface area (Å²) in [5.74, 6) is 0.899. The first-order valence-corrected chi connectivity index (χ1v) is 8.40. The van der Waals surface area contributed by atoms with Gasteiger partial charge in [-0.15, -0.1) is 11.8 Å². The zero-order valence-electron chi connectivity index (χ0n) is 13.1. The van der Waals surface area contributed by atoms with E-state index in [1.165, 1.54) is 4.90 Å². The predicted molar refractivity (Wildman–Crippen MR) is 94.6 cm³/mol. The van der Waals surface area contributed by atoms with Gasteiger partial charge in [0.15, 0.2) is 0 Å². The first kappa shape index (κ1) is 16.4. The molecule has 0 bridgehead atoms. The Labute approximate surface area is 136 Å². The zero-order chi connectivity index (χ0) is 15.8. The molecule has 0 unspecified atom stereocenters. The third-order valence-corrected chi connectivity index (χ3v) is 4.36. The highest BCUT2D eigenvalue weighted by atomic mass is 32.2. The Morgan fingerprint density at radius 3 is 2.36 bits per heavy atom. The van der Waals surface area contributed by atoms with Gasteiger partial charge in [0.05, 0.1) is 6.54 Å². The monoisotopic (exact) mass is 314 g/mol. The molecule has 116 valence electrons. The number of amides is 1. The lowest BCUT2D eigenvalue weighted by Crippen LogP contribution is -2.31. The van der Waals surface area contributed by atoms with Crippen LogP contribution in [0.1, 0.15) is 11.1 Å². The van der Waals surface area contributed by atoms with Crippen LogP contribution in [0, 0.1) is 13.8 Å². The molecule has 3 nitrogen and oxygen atoms in total. The van der Waals surface area contributed by atoms with E-state index in [1.54, 1.807) is 11.8 Å². The molecule has 0 aliphatic carbocycles. The lowest BCUT2D eigenvalue weighted by atomic mass is 10.1. The highest BCUT2D eigenvalue weighted by molar-refractivity contribution is 7.99. The average molecular weight is 314 g/mol. The van der Waals surface area contributed by atoms with Crippen LogP contribution in [0.3, 0.4) is 0 Å². The fraction of sp³-hybridized carbons (Fsp3) is 0.278. The fourth-order valence-electron chi connectivity index (χ4n) is 2.20. The third-order valence-electron chi connectivity index (χ3n) is 3.34. The summed E-state index contributed by atoms with van der Waals surface area (Å²) in [5, 5.41) is 6.16. The quantitative estimate of drug-likeness (QED) is 0.606. The molecule has 4 heteroatoms. The van der Waals surface area contributed by atoms with Crippen molar-refractivity contribution >= 4 is 23.4 Å². The minimum atomic E-state index is 0.0244. The number of para-hydroxylation sites is 1. The summed E-state index contributed by atoms with van der Waals surface area (Å²) in [7, 11) is 0. The van der Waals surface area contributed by atoms with Gasteiger partial charge in [0.2, 0.25) is 5.91 Å². The summed E-state index contributed by atoms with van der Waals surface area (Å²) >= 11 is 1.75. The lowest BCUT2D eigenvalue weighted by molar-refractivity contribution is -0.119. The van der Waals surface area contributed by atoms with Crippen LogP contribution in [0.25, 0.3) is 0 Å². The fourth-order valence-corrected chi connectivity index (χ4v) is 2.99. The maximum absolute atomic E-state index is 11.9. The summed E-state index contributed by atoms with van der Waals surface area (Å²) in [6.07, 6.45) is 0. The molecule has 0 heterocycles. The lowest BCUT2D eigenvalue weighted by Gasteiger charge is -2.12. The molecule has 1 amide bonds. The van der Waals surface area contributed by atoms with E-state index >= 15 is 0 Å². The number of rotatable bonds is 7. The van der Waals surface area contributed by atoms with Crippen molar-refractivity contribution in [2.75, 3.05) is 24.2 Å². The van der Waals surface area contributed by atoms with Crippen LogP contribution in [0.15, 0.2) is 53.4 Å². The molecule has 0 aromatic heterocycles. The van der Waals surface area contributed by atoms with Gasteiger partial charge in [-0.3, -0.25) is 4.79 Å². The zero-order valence-corrected chi connectivity index (χ0v) is 13.9. The molecular formula is C18H22N2OS. The van der Waals surface area contributed by atoms with Crippen molar-refractivity contribution in [1.82, 2.24) is 5.32 Å². The van der Waals surface area contributed by atoms with Crippen LogP contribution in [0.5, 0.6) is 0 Å². The first-order valence-electron chi connectivity index (χ1n) is 7.41. The normalized spacial score (nSPS) is 10.3. The second-order valence-corrected chi connectivity index (χ2v) is 6.30. The number of carbonyl (C=O) groups excluding carboxylic acids is 1. The number of nitrogens with one attached hydrogen (secondary N) is 2. The Balaban J connectivity index is 1.68. The van der Waals surface area contributed by atoms with Gasteiger partial charge in [-0.1, -0.05) is 36.4 Å². The molecular weight excluding hydrogens is 292 g/mol. The number of carbonyl (C=O) groups is 1. The van der Waals surface area contributed by atoms with Crippen LogP contribution in [0.4, 0.5) is 5.69 Å². The molecule has 0 saturated carbocycles. The van der Waals surface area contributed by atoms with Gasteiger partial charge >= 0.3 is 0 Å². The maximum Gasteiger partial charge on any atom is 0.239 e. The highest BCUT2D eigenvalue weighted by Crippen LogP contribution is 2.19. The van der Waals surface area contributed by atoms with Crippen molar-refractivity contribution in [1.29, 1.82) is 0 Å². The molecule has 2 rings (SSSR count). The number of anilines is 1. The molecule has 0 radical (unpaired) electrons. The summed E-state index contributed by atoms with van der Waals surface area (Å²) < 4.78 is 0. The maximum atomic E-state index is 11.9. The molecule has 2 aromatic rings. The second kappa shape index (κ2) is 8.49. The SMILES string of the molecule is Cc1cccc(C)c1NCC(=O)NCCSc1ccccc1. The Morgan fingerprint density at radius 1 is 1.00 bits per heavy atom. The van der Waals surface area contributed by atoms with Crippen LogP contribution in [-0.2, 0) is 4.79 Å². The van der Waals surface area contributed by atoms with Crippen molar-refractivity contribution in [3.8, 4) is 0 Å². The minimum absolute atomic E-state index is 0.0244. The van der Waals surface area contributed by atoms with Gasteiger partial charge in [0.25, 0.3) is 0 Å². The molecule has 2 N–H and O–H groups in total. The standard InChI is InChI=1S/C18H22N2OS/c1-14-7-6-8-15(2)18(14)20-13-17(21)19-11-12-22-16-9-4-3-5-10-16/h3-10,20H,11-13H2,1-2H3,(H,19,21). The minimum Gasteiger partial charge on any atom is -0.376 e. The van der Waals surface area contributed by atoms with E-state index in [0.717, 1.165) is 22.6 Å². The van der Waals surface area contributed by atoms with E-state index < -0.39 is 0 Å². The van der Waals surface area contributed by atoms with Crippen molar-refractivity contribution in [2.24, 2.45) is 0 Å². The topological polar surface area (TPSA) is 41.1 Å². The Bertz CT molecular complexity index is 593. The largest absolute Gasteiger partial charge is 0.376 e. The number of hydrogen-bond acceptors (Lipinski definition) is 3. The van der Waals surface area contributed by atoms with Gasteiger partial charge in [-0.05, 0) is 37.1 Å². The van der Waals surface area contributed by atoms with Gasteiger partial charge in [0.1, 0.15) is 0 Å². The van der Waals surface area contributed by atoms with Gasteiger partial charge < -0.3 is 10.6 Å². The van der Waals surface area contributed by atoms with Gasteiger partial charge in [-0.25, -0.2) is 0 Å². The average Bonchev–Trinajstić information content (AvgIpc) is 2.52. The molecule has 2 aromatic carbocycles. The van der Waals surface area contributed by atoms with Crippen molar-refractivity contribution in [3.05, 3.63) is 59.7 Å². The molecule has 0 aliphatic rings.